The second-order valence-corrected chi connectivity index (χ2v) is 10.4. The van der Waals surface area contributed by atoms with Gasteiger partial charge in [0.05, 0.1) is 18.3 Å². The monoisotopic (exact) mass is 627 g/mol. The zero-order valence-electron chi connectivity index (χ0n) is 24.1. The number of hydrogen-bond acceptors (Lipinski definition) is 8. The van der Waals surface area contributed by atoms with Gasteiger partial charge in [0.2, 0.25) is 5.91 Å². The summed E-state index contributed by atoms with van der Waals surface area (Å²) in [7, 11) is 1.41. The summed E-state index contributed by atoms with van der Waals surface area (Å²) in [6, 6.07) is 17.2. The minimum atomic E-state index is -1.16. The maximum absolute atomic E-state index is 15.3. The summed E-state index contributed by atoms with van der Waals surface area (Å²) in [5.41, 5.74) is 6.78. The molecule has 10 nitrogen and oxygen atoms in total. The van der Waals surface area contributed by atoms with Gasteiger partial charge in [0.25, 0.3) is 5.91 Å². The molecule has 0 spiro atoms. The van der Waals surface area contributed by atoms with Crippen LogP contribution in [0.1, 0.15) is 23.2 Å². The molecule has 0 aliphatic heterocycles. The van der Waals surface area contributed by atoms with Crippen LogP contribution in [0, 0.1) is 23.0 Å². The first-order chi connectivity index (χ1) is 22.2. The predicted octanol–water partition coefficient (Wildman–Crippen LogP) is 7.81. The lowest BCUT2D eigenvalue weighted by Gasteiger charge is -2.18. The second kappa shape index (κ2) is 12.2. The van der Waals surface area contributed by atoms with Crippen molar-refractivity contribution >= 4 is 34.1 Å². The van der Waals surface area contributed by atoms with E-state index in [1.54, 1.807) is 6.07 Å². The lowest BCUT2D eigenvalue weighted by atomic mass is 10.1. The highest BCUT2D eigenvalue weighted by Crippen LogP contribution is 2.41. The molecule has 1 aliphatic carbocycles. The van der Waals surface area contributed by atoms with Gasteiger partial charge in [-0.25, -0.2) is 18.7 Å². The SMILES string of the molecule is COc1cc2nccc(Oc3ccc(NC(=O)C4(NC(=O)c5ccc(F)cc5)CC4)cc3F)c2cc1Oc1ccc(N=N)cc1F. The van der Waals surface area contributed by atoms with Crippen LogP contribution in [0.15, 0.2) is 90.2 Å². The molecule has 1 saturated carbocycles. The molecule has 2 amide bonds. The van der Waals surface area contributed by atoms with Crippen LogP contribution in [0.5, 0.6) is 28.7 Å². The van der Waals surface area contributed by atoms with E-state index >= 15 is 4.39 Å². The third kappa shape index (κ3) is 6.15. The Morgan fingerprint density at radius 1 is 0.826 bits per heavy atom. The molecule has 0 atom stereocenters. The first-order valence-electron chi connectivity index (χ1n) is 13.9. The molecule has 0 saturated heterocycles. The number of fused-ring (bicyclic) bond motifs is 1. The number of pyridine rings is 1. The molecule has 1 aliphatic rings. The molecular weight excluding hydrogens is 603 g/mol. The number of ether oxygens (including phenoxy) is 3. The normalized spacial score (nSPS) is 13.0. The largest absolute Gasteiger partial charge is 0.493 e. The number of rotatable bonds is 10. The highest BCUT2D eigenvalue weighted by atomic mass is 19.1. The van der Waals surface area contributed by atoms with Crippen LogP contribution in [0.4, 0.5) is 24.5 Å². The number of anilines is 1. The Bertz CT molecular complexity index is 2000. The van der Waals surface area contributed by atoms with Crippen molar-refractivity contribution in [1.82, 2.24) is 10.3 Å². The van der Waals surface area contributed by atoms with Crippen LogP contribution >= 0.6 is 0 Å². The van der Waals surface area contributed by atoms with Gasteiger partial charge in [-0.05, 0) is 73.5 Å². The lowest BCUT2D eigenvalue weighted by Crippen LogP contribution is -2.46. The molecule has 5 aromatic rings. The van der Waals surface area contributed by atoms with E-state index in [0.29, 0.717) is 23.7 Å². The van der Waals surface area contributed by atoms with E-state index in [2.05, 4.69) is 20.7 Å². The van der Waals surface area contributed by atoms with Gasteiger partial charge in [-0.15, -0.1) is 0 Å². The molecule has 0 bridgehead atoms. The molecule has 13 heteroatoms. The molecule has 0 unspecified atom stereocenters. The highest BCUT2D eigenvalue weighted by molar-refractivity contribution is 6.05. The Morgan fingerprint density at radius 3 is 2.17 bits per heavy atom. The maximum Gasteiger partial charge on any atom is 0.252 e. The zero-order valence-corrected chi connectivity index (χ0v) is 24.1. The molecule has 6 rings (SSSR count). The smallest absolute Gasteiger partial charge is 0.252 e. The van der Waals surface area contributed by atoms with Gasteiger partial charge in [-0.3, -0.25) is 14.6 Å². The van der Waals surface area contributed by atoms with Crippen molar-refractivity contribution < 1.29 is 37.0 Å². The Balaban J connectivity index is 1.19. The van der Waals surface area contributed by atoms with Gasteiger partial charge in [0.1, 0.15) is 17.1 Å². The molecule has 4 aromatic carbocycles. The molecule has 0 radical (unpaired) electrons. The van der Waals surface area contributed by atoms with Gasteiger partial charge in [0.15, 0.2) is 34.6 Å². The number of carbonyl (C=O) groups excluding carboxylic acids is 2. The summed E-state index contributed by atoms with van der Waals surface area (Å²) in [6.45, 7) is 0. The topological polar surface area (TPSA) is 135 Å². The van der Waals surface area contributed by atoms with Gasteiger partial charge in [0, 0.05) is 41.0 Å². The Kier molecular flexibility index (Phi) is 7.97. The molecule has 1 heterocycles. The minimum absolute atomic E-state index is 0.114. The van der Waals surface area contributed by atoms with Crippen LogP contribution in [0.2, 0.25) is 0 Å². The van der Waals surface area contributed by atoms with Crippen LogP contribution in [-0.2, 0) is 4.79 Å². The molecule has 1 fully saturated rings. The molecule has 232 valence electrons. The summed E-state index contributed by atoms with van der Waals surface area (Å²) in [5.74, 6) is -2.76. The van der Waals surface area contributed by atoms with E-state index in [1.807, 2.05) is 0 Å². The number of carbonyl (C=O) groups is 2. The molecular formula is C33H24F3N5O5. The number of nitrogens with zero attached hydrogens (tertiary/aromatic N) is 2. The summed E-state index contributed by atoms with van der Waals surface area (Å²) >= 11 is 0. The number of aromatic nitrogens is 1. The number of methoxy groups -OCH3 is 1. The van der Waals surface area contributed by atoms with E-state index in [9.17, 15) is 18.4 Å². The van der Waals surface area contributed by atoms with Gasteiger partial charge in [-0.1, -0.05) is 0 Å². The van der Waals surface area contributed by atoms with Crippen LogP contribution < -0.4 is 24.8 Å². The van der Waals surface area contributed by atoms with Crippen molar-refractivity contribution in [3.8, 4) is 28.7 Å². The Labute approximate surface area is 259 Å². The number of halogens is 3. The van der Waals surface area contributed by atoms with Crippen molar-refractivity contribution in [3.05, 3.63) is 108 Å². The third-order valence-corrected chi connectivity index (χ3v) is 7.30. The van der Waals surface area contributed by atoms with E-state index in [1.165, 1.54) is 61.8 Å². The van der Waals surface area contributed by atoms with Crippen molar-refractivity contribution in [1.29, 1.82) is 5.53 Å². The van der Waals surface area contributed by atoms with E-state index < -0.39 is 34.8 Å². The Hall–Kier alpha value is -5.98. The third-order valence-electron chi connectivity index (χ3n) is 7.30. The summed E-state index contributed by atoms with van der Waals surface area (Å²) in [4.78, 5) is 29.9. The number of hydrogen-bond donors (Lipinski definition) is 3. The number of benzene rings is 4. The average molecular weight is 628 g/mol. The lowest BCUT2D eigenvalue weighted by molar-refractivity contribution is -0.118. The predicted molar refractivity (Wildman–Crippen MR) is 161 cm³/mol. The van der Waals surface area contributed by atoms with Crippen molar-refractivity contribution in [2.24, 2.45) is 5.11 Å². The summed E-state index contributed by atoms with van der Waals surface area (Å²) in [6.07, 6.45) is 2.24. The number of nitrogens with one attached hydrogen (secondary N) is 3. The molecule has 46 heavy (non-hydrogen) atoms. The minimum Gasteiger partial charge on any atom is -0.493 e. The van der Waals surface area contributed by atoms with Crippen molar-refractivity contribution in [2.45, 2.75) is 18.4 Å². The van der Waals surface area contributed by atoms with Gasteiger partial charge >= 0.3 is 0 Å². The van der Waals surface area contributed by atoms with Crippen LogP contribution in [0.25, 0.3) is 10.9 Å². The maximum atomic E-state index is 15.3. The first-order valence-corrected chi connectivity index (χ1v) is 13.9. The zero-order chi connectivity index (χ0) is 32.4. The first kappa shape index (κ1) is 30.1. The summed E-state index contributed by atoms with van der Waals surface area (Å²) < 4.78 is 60.1. The fourth-order valence-corrected chi connectivity index (χ4v) is 4.67. The van der Waals surface area contributed by atoms with E-state index in [0.717, 1.165) is 24.3 Å². The standard InChI is InChI=1S/C33H24F3N5O5/c1-44-29-17-25-22(16-30(29)46-28-9-7-21(41-37)15-24(28)36)26(10-13-38-25)45-27-8-6-20(14-23(27)35)39-32(43)33(11-12-33)40-31(42)18-2-4-19(34)5-3-18/h2-10,13-17,37H,11-12H2,1H3,(H,39,43)(H,40,42). The van der Waals surface area contributed by atoms with Gasteiger partial charge in [-0.2, -0.15) is 5.11 Å². The second-order valence-electron chi connectivity index (χ2n) is 10.4. The fraction of sp³-hybridized carbons (Fsp3) is 0.121. The van der Waals surface area contributed by atoms with Crippen molar-refractivity contribution in [2.75, 3.05) is 12.4 Å². The fourth-order valence-electron chi connectivity index (χ4n) is 4.67. The molecule has 3 N–H and O–H groups in total. The number of amides is 2. The quantitative estimate of drug-likeness (QED) is 0.135. The van der Waals surface area contributed by atoms with E-state index in [-0.39, 0.29) is 45.7 Å². The van der Waals surface area contributed by atoms with E-state index in [4.69, 9.17) is 19.7 Å². The molecule has 1 aromatic heterocycles. The van der Waals surface area contributed by atoms with Crippen molar-refractivity contribution in [3.63, 3.8) is 0 Å². The van der Waals surface area contributed by atoms with Gasteiger partial charge < -0.3 is 24.8 Å². The summed E-state index contributed by atoms with van der Waals surface area (Å²) in [5, 5.41) is 8.92. The Morgan fingerprint density at radius 2 is 1.52 bits per heavy atom. The highest BCUT2D eigenvalue weighted by Gasteiger charge is 2.51. The average Bonchev–Trinajstić information content (AvgIpc) is 3.84. The van der Waals surface area contributed by atoms with Crippen LogP contribution in [0.3, 0.4) is 0 Å². The van der Waals surface area contributed by atoms with Crippen LogP contribution in [-0.4, -0.2) is 29.4 Å².